The maximum atomic E-state index is 13.1. The van der Waals surface area contributed by atoms with Crippen LogP contribution in [0.3, 0.4) is 0 Å². The molecule has 1 heterocycles. The second-order valence-electron chi connectivity index (χ2n) is 9.91. The summed E-state index contributed by atoms with van der Waals surface area (Å²) in [4.78, 5) is 43.4. The molecule has 1 aromatic heterocycles. The molecule has 0 radical (unpaired) electrons. The van der Waals surface area contributed by atoms with Gasteiger partial charge in [-0.25, -0.2) is 4.98 Å². The fourth-order valence-corrected chi connectivity index (χ4v) is 5.50. The SMILES string of the molecule is CN(C(=O)c1ccc(-c2nc3ccccc3o2)cc1)C1CC[C@H](CC(=O)C[C@@H]2CCC(=O)C2)C1. The van der Waals surface area contributed by atoms with E-state index in [0.29, 0.717) is 48.8 Å². The maximum absolute atomic E-state index is 13.1. The van der Waals surface area contributed by atoms with E-state index < -0.39 is 0 Å². The van der Waals surface area contributed by atoms with Crippen LogP contribution in [-0.4, -0.2) is 40.4 Å². The van der Waals surface area contributed by atoms with Crippen LogP contribution in [0.25, 0.3) is 22.6 Å². The molecule has 1 unspecified atom stereocenters. The molecule has 0 aliphatic heterocycles. The van der Waals surface area contributed by atoms with Crippen LogP contribution in [0.15, 0.2) is 52.9 Å². The number of ketones is 2. The molecule has 0 saturated heterocycles. The van der Waals surface area contributed by atoms with Crippen molar-refractivity contribution < 1.29 is 18.8 Å². The zero-order chi connectivity index (χ0) is 23.7. The van der Waals surface area contributed by atoms with Crippen molar-refractivity contribution >= 4 is 28.6 Å². The molecule has 2 aliphatic carbocycles. The van der Waals surface area contributed by atoms with Gasteiger partial charge in [-0.2, -0.15) is 0 Å². The van der Waals surface area contributed by atoms with Crippen LogP contribution >= 0.6 is 0 Å². The normalized spacial score (nSPS) is 22.4. The molecule has 3 atom stereocenters. The van der Waals surface area contributed by atoms with E-state index in [1.165, 1.54) is 0 Å². The van der Waals surface area contributed by atoms with Crippen molar-refractivity contribution in [1.82, 2.24) is 9.88 Å². The lowest BCUT2D eigenvalue weighted by Gasteiger charge is -2.25. The van der Waals surface area contributed by atoms with E-state index in [9.17, 15) is 14.4 Å². The lowest BCUT2D eigenvalue weighted by Crippen LogP contribution is -2.35. The monoisotopic (exact) mass is 458 g/mol. The third kappa shape index (κ3) is 4.81. The molecular weight excluding hydrogens is 428 g/mol. The van der Waals surface area contributed by atoms with Crippen LogP contribution in [0, 0.1) is 11.8 Å². The number of benzene rings is 2. The smallest absolute Gasteiger partial charge is 0.253 e. The number of nitrogens with zero attached hydrogens (tertiary/aromatic N) is 2. The number of fused-ring (bicyclic) bond motifs is 1. The van der Waals surface area contributed by atoms with E-state index in [0.717, 1.165) is 42.3 Å². The van der Waals surface area contributed by atoms with Crippen LogP contribution in [0.1, 0.15) is 61.7 Å². The van der Waals surface area contributed by atoms with Crippen molar-refractivity contribution in [1.29, 1.82) is 0 Å². The Morgan fingerprint density at radius 3 is 2.50 bits per heavy atom. The number of oxazole rings is 1. The van der Waals surface area contributed by atoms with Gasteiger partial charge in [-0.15, -0.1) is 0 Å². The summed E-state index contributed by atoms with van der Waals surface area (Å²) in [6, 6.07) is 15.2. The Labute approximate surface area is 199 Å². The largest absolute Gasteiger partial charge is 0.436 e. The molecule has 2 aromatic carbocycles. The minimum atomic E-state index is -0.00874. The number of rotatable bonds is 7. The Hall–Kier alpha value is -3.28. The van der Waals surface area contributed by atoms with Gasteiger partial charge in [0.1, 0.15) is 17.1 Å². The molecule has 5 rings (SSSR count). The predicted molar refractivity (Wildman–Crippen MR) is 129 cm³/mol. The zero-order valence-electron chi connectivity index (χ0n) is 19.5. The molecule has 6 heteroatoms. The summed E-state index contributed by atoms with van der Waals surface area (Å²) in [5, 5.41) is 0. The molecule has 2 fully saturated rings. The highest BCUT2D eigenvalue weighted by Crippen LogP contribution is 2.34. The Balaban J connectivity index is 1.16. The van der Waals surface area contributed by atoms with Crippen molar-refractivity contribution in [3.05, 3.63) is 54.1 Å². The Kier molecular flexibility index (Phi) is 6.31. The van der Waals surface area contributed by atoms with Gasteiger partial charge in [-0.3, -0.25) is 14.4 Å². The number of Topliss-reactive ketones (excluding diaryl/α,β-unsaturated/α-hetero) is 2. The van der Waals surface area contributed by atoms with Crippen LogP contribution in [-0.2, 0) is 9.59 Å². The summed E-state index contributed by atoms with van der Waals surface area (Å²) in [6.07, 6.45) is 5.92. The molecule has 0 spiro atoms. The minimum absolute atomic E-state index is 0.00874. The van der Waals surface area contributed by atoms with E-state index in [2.05, 4.69) is 4.98 Å². The third-order valence-corrected chi connectivity index (χ3v) is 7.43. The van der Waals surface area contributed by atoms with Crippen LogP contribution in [0.4, 0.5) is 0 Å². The number of aromatic nitrogens is 1. The molecule has 2 saturated carbocycles. The molecule has 2 aliphatic rings. The van der Waals surface area contributed by atoms with Gasteiger partial charge in [0.2, 0.25) is 5.89 Å². The van der Waals surface area contributed by atoms with Crippen molar-refractivity contribution in [3.63, 3.8) is 0 Å². The second-order valence-corrected chi connectivity index (χ2v) is 9.91. The van der Waals surface area contributed by atoms with E-state index in [4.69, 9.17) is 4.42 Å². The molecule has 176 valence electrons. The summed E-state index contributed by atoms with van der Waals surface area (Å²) in [6.45, 7) is 0. The van der Waals surface area contributed by atoms with Crippen molar-refractivity contribution in [3.8, 4) is 11.5 Å². The molecular formula is C28H30N2O4. The average Bonchev–Trinajstić information content (AvgIpc) is 3.58. The number of para-hydroxylation sites is 2. The van der Waals surface area contributed by atoms with Crippen molar-refractivity contribution in [2.45, 2.75) is 57.4 Å². The first kappa shape index (κ1) is 22.5. The van der Waals surface area contributed by atoms with Crippen LogP contribution < -0.4 is 0 Å². The third-order valence-electron chi connectivity index (χ3n) is 7.43. The zero-order valence-corrected chi connectivity index (χ0v) is 19.5. The van der Waals surface area contributed by atoms with Gasteiger partial charge in [-0.1, -0.05) is 12.1 Å². The number of hydrogen-bond acceptors (Lipinski definition) is 5. The first-order chi connectivity index (χ1) is 16.5. The van der Waals surface area contributed by atoms with Gasteiger partial charge in [-0.05, 0) is 73.9 Å². The standard InChI is InChI=1S/C28H30N2O4/c1-30(22-12-6-18(14-22)16-24(32)17-19-7-13-23(31)15-19)28(33)21-10-8-20(9-11-21)27-29-25-4-2-3-5-26(25)34-27/h2-5,8-11,18-19,22H,6-7,12-17H2,1H3/t18-,19+,22?/m0/s1. The lowest BCUT2D eigenvalue weighted by atomic mass is 9.93. The Bertz CT molecular complexity index is 1180. The van der Waals surface area contributed by atoms with Crippen molar-refractivity contribution in [2.75, 3.05) is 7.05 Å². The lowest BCUT2D eigenvalue weighted by molar-refractivity contribution is -0.120. The fourth-order valence-electron chi connectivity index (χ4n) is 5.50. The van der Waals surface area contributed by atoms with Crippen LogP contribution in [0.2, 0.25) is 0 Å². The summed E-state index contributed by atoms with van der Waals surface area (Å²) in [5.41, 5.74) is 3.01. The van der Waals surface area contributed by atoms with Gasteiger partial charge < -0.3 is 9.32 Å². The molecule has 34 heavy (non-hydrogen) atoms. The van der Waals surface area contributed by atoms with Gasteiger partial charge >= 0.3 is 0 Å². The number of hydrogen-bond donors (Lipinski definition) is 0. The molecule has 0 bridgehead atoms. The van der Waals surface area contributed by atoms with Gasteiger partial charge in [0.05, 0.1) is 0 Å². The van der Waals surface area contributed by atoms with Crippen LogP contribution in [0.5, 0.6) is 0 Å². The summed E-state index contributed by atoms with van der Waals surface area (Å²) < 4.78 is 5.82. The molecule has 6 nitrogen and oxygen atoms in total. The average molecular weight is 459 g/mol. The summed E-state index contributed by atoms with van der Waals surface area (Å²) >= 11 is 0. The quantitative estimate of drug-likeness (QED) is 0.470. The summed E-state index contributed by atoms with van der Waals surface area (Å²) in [7, 11) is 1.86. The highest BCUT2D eigenvalue weighted by Gasteiger charge is 2.32. The molecule has 0 N–H and O–H groups in total. The first-order valence-corrected chi connectivity index (χ1v) is 12.2. The van der Waals surface area contributed by atoms with Gasteiger partial charge in [0.25, 0.3) is 5.91 Å². The molecule has 1 amide bonds. The topological polar surface area (TPSA) is 80.5 Å². The van der Waals surface area contributed by atoms with E-state index in [1.807, 2.05) is 60.5 Å². The maximum Gasteiger partial charge on any atom is 0.253 e. The van der Waals surface area contributed by atoms with Gasteiger partial charge in [0, 0.05) is 49.9 Å². The fraction of sp³-hybridized carbons (Fsp3) is 0.429. The summed E-state index contributed by atoms with van der Waals surface area (Å²) in [5.74, 6) is 1.67. The molecule has 3 aromatic rings. The minimum Gasteiger partial charge on any atom is -0.436 e. The van der Waals surface area contributed by atoms with E-state index >= 15 is 0 Å². The first-order valence-electron chi connectivity index (χ1n) is 12.2. The Morgan fingerprint density at radius 1 is 1.00 bits per heavy atom. The van der Waals surface area contributed by atoms with Crippen molar-refractivity contribution in [2.24, 2.45) is 11.8 Å². The number of carbonyl (C=O) groups excluding carboxylic acids is 3. The second kappa shape index (κ2) is 9.53. The van der Waals surface area contributed by atoms with E-state index in [-0.39, 0.29) is 23.7 Å². The van der Waals surface area contributed by atoms with E-state index in [1.54, 1.807) is 0 Å². The number of carbonyl (C=O) groups is 3. The van der Waals surface area contributed by atoms with Gasteiger partial charge in [0.15, 0.2) is 5.58 Å². The predicted octanol–water partition coefficient (Wildman–Crippen LogP) is 5.45. The Morgan fingerprint density at radius 2 is 1.76 bits per heavy atom. The highest BCUT2D eigenvalue weighted by molar-refractivity contribution is 5.94. The number of amides is 1. The highest BCUT2D eigenvalue weighted by atomic mass is 16.3.